The number of carbonyl (C=O) groups is 3. The molecule has 1 aromatic carbocycles. The summed E-state index contributed by atoms with van der Waals surface area (Å²) in [5, 5.41) is 19.2. The number of carbonyl (C=O) groups excluding carboxylic acids is 2. The van der Waals surface area contributed by atoms with Crippen molar-refractivity contribution < 1.29 is 19.5 Å². The molecule has 0 saturated heterocycles. The summed E-state index contributed by atoms with van der Waals surface area (Å²) in [6.07, 6.45) is 8.20. The topological polar surface area (TPSA) is 115 Å². The Hall–Kier alpha value is -3.46. The number of aromatic carboxylic acids is 1. The van der Waals surface area contributed by atoms with Gasteiger partial charge in [0.25, 0.3) is 5.91 Å². The Morgan fingerprint density at radius 3 is 2.36 bits per heavy atom. The van der Waals surface area contributed by atoms with E-state index in [2.05, 4.69) is 22.4 Å². The molecule has 2 saturated carbocycles. The minimum absolute atomic E-state index is 0.0374. The lowest BCUT2D eigenvalue weighted by Crippen LogP contribution is -2.48. The second-order valence-corrected chi connectivity index (χ2v) is 10.9. The molecule has 0 radical (unpaired) electrons. The standard InChI is InChI=1S/C27H30N4O4S/c1-16-5-7-18(8-6-16)26(33)31(20-3-2-4-20)22-15-23(36-24(22)27(34)35)17-9-11-19(12-10-17)29-25(32)21-13-14-28-30-21/h9-16,18,20H,2-8H2,1H3,(H,28,30)(H,29,32)(H,34,35). The first-order valence-electron chi connectivity index (χ1n) is 12.5. The average Bonchev–Trinajstić information content (AvgIpc) is 3.53. The van der Waals surface area contributed by atoms with E-state index in [1.54, 1.807) is 18.2 Å². The van der Waals surface area contributed by atoms with Crippen LogP contribution in [0.3, 0.4) is 0 Å². The molecule has 188 valence electrons. The molecule has 3 N–H and O–H groups in total. The van der Waals surface area contributed by atoms with Gasteiger partial charge in [-0.05, 0) is 80.7 Å². The molecule has 0 aliphatic heterocycles. The summed E-state index contributed by atoms with van der Waals surface area (Å²) < 4.78 is 0. The van der Waals surface area contributed by atoms with Gasteiger partial charge < -0.3 is 15.3 Å². The first-order chi connectivity index (χ1) is 17.4. The van der Waals surface area contributed by atoms with Crippen molar-refractivity contribution in [2.75, 3.05) is 10.2 Å². The van der Waals surface area contributed by atoms with Gasteiger partial charge in [0, 0.05) is 28.7 Å². The highest BCUT2D eigenvalue weighted by atomic mass is 32.1. The number of nitrogens with one attached hydrogen (secondary N) is 2. The lowest BCUT2D eigenvalue weighted by atomic mass is 9.81. The van der Waals surface area contributed by atoms with Crippen molar-refractivity contribution >= 4 is 40.5 Å². The summed E-state index contributed by atoms with van der Waals surface area (Å²) in [6.45, 7) is 2.23. The second-order valence-electron chi connectivity index (χ2n) is 9.88. The van der Waals surface area contributed by atoms with E-state index in [0.717, 1.165) is 55.4 Å². The molecule has 2 fully saturated rings. The van der Waals surface area contributed by atoms with Crippen LogP contribution in [0.4, 0.5) is 11.4 Å². The Morgan fingerprint density at radius 2 is 1.78 bits per heavy atom. The number of anilines is 2. The lowest BCUT2D eigenvalue weighted by Gasteiger charge is -2.40. The minimum Gasteiger partial charge on any atom is -0.477 e. The number of H-pyrrole nitrogens is 1. The zero-order valence-electron chi connectivity index (χ0n) is 20.2. The van der Waals surface area contributed by atoms with Gasteiger partial charge >= 0.3 is 5.97 Å². The number of hydrogen-bond acceptors (Lipinski definition) is 5. The number of aromatic amines is 1. The zero-order chi connectivity index (χ0) is 25.2. The predicted molar refractivity (Wildman–Crippen MR) is 140 cm³/mol. The number of carboxylic acids is 1. The summed E-state index contributed by atoms with van der Waals surface area (Å²) in [5.74, 6) is -0.627. The summed E-state index contributed by atoms with van der Waals surface area (Å²) in [4.78, 5) is 41.0. The third kappa shape index (κ3) is 4.93. The summed E-state index contributed by atoms with van der Waals surface area (Å²) in [7, 11) is 0. The van der Waals surface area contributed by atoms with Crippen molar-refractivity contribution in [1.29, 1.82) is 0 Å². The molecule has 8 nitrogen and oxygen atoms in total. The van der Waals surface area contributed by atoms with Gasteiger partial charge in [0.2, 0.25) is 5.91 Å². The van der Waals surface area contributed by atoms with Crippen LogP contribution in [0.2, 0.25) is 0 Å². The fraction of sp³-hybridized carbons (Fsp3) is 0.407. The van der Waals surface area contributed by atoms with Crippen LogP contribution in [0.5, 0.6) is 0 Å². The van der Waals surface area contributed by atoms with Gasteiger partial charge in [0.05, 0.1) is 5.69 Å². The zero-order valence-corrected chi connectivity index (χ0v) is 21.0. The fourth-order valence-corrected chi connectivity index (χ4v) is 5.99. The van der Waals surface area contributed by atoms with Crippen molar-refractivity contribution in [2.45, 2.75) is 57.9 Å². The van der Waals surface area contributed by atoms with E-state index in [0.29, 0.717) is 23.0 Å². The quantitative estimate of drug-likeness (QED) is 0.375. The molecule has 2 aromatic heterocycles. The minimum atomic E-state index is -1.01. The lowest BCUT2D eigenvalue weighted by molar-refractivity contribution is -0.124. The average molecular weight is 507 g/mol. The highest BCUT2D eigenvalue weighted by molar-refractivity contribution is 7.18. The molecule has 2 amide bonds. The van der Waals surface area contributed by atoms with Gasteiger partial charge in [-0.1, -0.05) is 19.1 Å². The van der Waals surface area contributed by atoms with Gasteiger partial charge in [-0.3, -0.25) is 14.7 Å². The molecule has 2 heterocycles. The third-order valence-electron chi connectivity index (χ3n) is 7.38. The molecule has 36 heavy (non-hydrogen) atoms. The monoisotopic (exact) mass is 506 g/mol. The molecule has 0 bridgehead atoms. The number of thiophene rings is 1. The smallest absolute Gasteiger partial charge is 0.348 e. The Balaban J connectivity index is 1.41. The maximum absolute atomic E-state index is 13.7. The van der Waals surface area contributed by atoms with E-state index in [-0.39, 0.29) is 28.7 Å². The Bertz CT molecular complexity index is 1240. The molecule has 0 unspecified atom stereocenters. The number of amides is 2. The Labute approximate surface area is 213 Å². The normalized spacial score (nSPS) is 19.9. The van der Waals surface area contributed by atoms with Gasteiger partial charge in [0.15, 0.2) is 0 Å². The van der Waals surface area contributed by atoms with E-state index < -0.39 is 5.97 Å². The summed E-state index contributed by atoms with van der Waals surface area (Å²) >= 11 is 1.19. The van der Waals surface area contributed by atoms with Crippen LogP contribution in [0.1, 0.15) is 72.0 Å². The Kier molecular flexibility index (Phi) is 6.91. The number of carboxylic acid groups (broad SMARTS) is 1. The van der Waals surface area contributed by atoms with E-state index in [1.165, 1.54) is 17.5 Å². The predicted octanol–water partition coefficient (Wildman–Crippen LogP) is 5.80. The number of rotatable bonds is 7. The molecule has 0 atom stereocenters. The van der Waals surface area contributed by atoms with Gasteiger partial charge in [0.1, 0.15) is 10.6 Å². The van der Waals surface area contributed by atoms with Crippen molar-refractivity contribution in [3.63, 3.8) is 0 Å². The molecular formula is C27H30N4O4S. The second kappa shape index (κ2) is 10.3. The van der Waals surface area contributed by atoms with E-state index in [1.807, 2.05) is 23.1 Å². The van der Waals surface area contributed by atoms with Crippen molar-refractivity contribution in [3.05, 3.63) is 53.2 Å². The maximum atomic E-state index is 13.7. The maximum Gasteiger partial charge on any atom is 0.348 e. The van der Waals surface area contributed by atoms with Crippen LogP contribution in [0.15, 0.2) is 42.6 Å². The number of benzene rings is 1. The fourth-order valence-electron chi connectivity index (χ4n) is 5.00. The van der Waals surface area contributed by atoms with Crippen LogP contribution in [-0.4, -0.2) is 39.1 Å². The summed E-state index contributed by atoms with van der Waals surface area (Å²) in [5.41, 5.74) is 2.33. The van der Waals surface area contributed by atoms with Crippen LogP contribution in [0, 0.1) is 11.8 Å². The van der Waals surface area contributed by atoms with Crippen LogP contribution in [0.25, 0.3) is 10.4 Å². The summed E-state index contributed by atoms with van der Waals surface area (Å²) in [6, 6.07) is 10.8. The molecule has 5 rings (SSSR count). The number of nitrogens with zero attached hydrogens (tertiary/aromatic N) is 2. The number of aromatic nitrogens is 2. The number of hydrogen-bond donors (Lipinski definition) is 3. The molecule has 2 aliphatic carbocycles. The highest BCUT2D eigenvalue weighted by Crippen LogP contribution is 2.42. The molecule has 3 aromatic rings. The first kappa shape index (κ1) is 24.2. The van der Waals surface area contributed by atoms with Gasteiger partial charge in [-0.2, -0.15) is 5.10 Å². The van der Waals surface area contributed by atoms with Crippen LogP contribution in [-0.2, 0) is 4.79 Å². The van der Waals surface area contributed by atoms with Gasteiger partial charge in [-0.25, -0.2) is 4.79 Å². The molecule has 0 spiro atoms. The highest BCUT2D eigenvalue weighted by Gasteiger charge is 2.38. The Morgan fingerprint density at radius 1 is 1.06 bits per heavy atom. The third-order valence-corrected chi connectivity index (χ3v) is 8.54. The van der Waals surface area contributed by atoms with E-state index >= 15 is 0 Å². The van der Waals surface area contributed by atoms with Crippen molar-refractivity contribution in [2.24, 2.45) is 11.8 Å². The largest absolute Gasteiger partial charge is 0.477 e. The van der Waals surface area contributed by atoms with E-state index in [9.17, 15) is 19.5 Å². The SMILES string of the molecule is CC1CCC(C(=O)N(c2cc(-c3ccc(NC(=O)c4ccn[nH]4)cc3)sc2C(=O)O)C2CCC2)CC1. The first-order valence-corrected chi connectivity index (χ1v) is 13.3. The molecular weight excluding hydrogens is 476 g/mol. The van der Waals surface area contributed by atoms with Crippen molar-refractivity contribution in [3.8, 4) is 10.4 Å². The molecule has 2 aliphatic rings. The van der Waals surface area contributed by atoms with Crippen LogP contribution >= 0.6 is 11.3 Å². The van der Waals surface area contributed by atoms with Crippen molar-refractivity contribution in [1.82, 2.24) is 10.2 Å². The molecule has 9 heteroatoms. The van der Waals surface area contributed by atoms with Crippen LogP contribution < -0.4 is 10.2 Å². The van der Waals surface area contributed by atoms with E-state index in [4.69, 9.17) is 0 Å². The van der Waals surface area contributed by atoms with Gasteiger partial charge in [-0.15, -0.1) is 11.3 Å².